The first kappa shape index (κ1) is 23.5. The molecule has 0 bridgehead atoms. The molecule has 8 N–H and O–H groups in total. The second-order valence-corrected chi connectivity index (χ2v) is 8.52. The van der Waals surface area contributed by atoms with Crippen LogP contribution < -0.4 is 27.8 Å². The highest BCUT2D eigenvalue weighted by Crippen LogP contribution is 2.31. The van der Waals surface area contributed by atoms with Gasteiger partial charge in [-0.2, -0.15) is 4.99 Å². The fourth-order valence-electron chi connectivity index (χ4n) is 4.19. The highest BCUT2D eigenvalue weighted by molar-refractivity contribution is 6.31. The number of aliphatic imine (C=N–C) groups is 2. The van der Waals surface area contributed by atoms with Crippen LogP contribution in [-0.4, -0.2) is 59.1 Å². The minimum Gasteiger partial charge on any atom is -0.370 e. The van der Waals surface area contributed by atoms with Crippen LogP contribution in [0.5, 0.6) is 0 Å². The van der Waals surface area contributed by atoms with Crippen molar-refractivity contribution >= 4 is 46.1 Å². The lowest BCUT2D eigenvalue weighted by atomic mass is 10.1. The third-order valence-corrected chi connectivity index (χ3v) is 6.02. The monoisotopic (exact) mass is 480 g/mol. The Bertz CT molecular complexity index is 1210. The Labute approximate surface area is 203 Å². The number of nitrogens with zero attached hydrogens (tertiary/aromatic N) is 6. The quantitative estimate of drug-likeness (QED) is 0.307. The number of rotatable bonds is 6. The Morgan fingerprint density at radius 2 is 1.68 bits per heavy atom. The van der Waals surface area contributed by atoms with Crippen molar-refractivity contribution in [2.24, 2.45) is 32.9 Å². The zero-order valence-corrected chi connectivity index (χ0v) is 19.8. The summed E-state index contributed by atoms with van der Waals surface area (Å²) in [7, 11) is 0. The molecule has 0 saturated carbocycles. The molecule has 4 rings (SSSR count). The smallest absolute Gasteiger partial charge is 0.253 e. The van der Waals surface area contributed by atoms with Gasteiger partial charge in [-0.1, -0.05) is 30.7 Å². The summed E-state index contributed by atoms with van der Waals surface area (Å²) in [6.07, 6.45) is 0.887. The fraction of sp³-hybridized carbons (Fsp3) is 0.304. The van der Waals surface area contributed by atoms with Crippen molar-refractivity contribution in [3.8, 4) is 11.3 Å². The molecule has 1 saturated heterocycles. The summed E-state index contributed by atoms with van der Waals surface area (Å²) in [4.78, 5) is 22.1. The van der Waals surface area contributed by atoms with Crippen molar-refractivity contribution in [2.45, 2.75) is 19.5 Å². The molecular weight excluding hydrogens is 452 g/mol. The molecule has 0 amide bonds. The third kappa shape index (κ3) is 5.29. The maximum absolute atomic E-state index is 6.25. The fourth-order valence-corrected chi connectivity index (χ4v) is 4.36. The average molecular weight is 481 g/mol. The standard InChI is InChI=1S/C23H29ClN10/c1-2-19(30-21(25)26)34-11-9-33(10-12-34)16-6-3-14(4-7-16)20-17-13-15(24)5-8-18(17)29-23(31-20)32-22(27)28/h3-8,13,19H,2,9-12H2,1H3,(H4,25,26,30)(H4,27,28,29,31,32). The lowest BCUT2D eigenvalue weighted by Crippen LogP contribution is -2.50. The average Bonchev–Trinajstić information content (AvgIpc) is 2.82. The van der Waals surface area contributed by atoms with Gasteiger partial charge in [-0.3, -0.25) is 4.90 Å². The summed E-state index contributed by atoms with van der Waals surface area (Å²) in [5.41, 5.74) is 25.7. The van der Waals surface area contributed by atoms with Gasteiger partial charge in [-0.15, -0.1) is 0 Å². The van der Waals surface area contributed by atoms with Crippen LogP contribution in [0.1, 0.15) is 13.3 Å². The summed E-state index contributed by atoms with van der Waals surface area (Å²) >= 11 is 6.25. The lowest BCUT2D eigenvalue weighted by Gasteiger charge is -2.38. The van der Waals surface area contributed by atoms with Crippen molar-refractivity contribution in [3.63, 3.8) is 0 Å². The maximum atomic E-state index is 6.25. The zero-order valence-electron chi connectivity index (χ0n) is 19.0. The molecule has 1 fully saturated rings. The Hall–Kier alpha value is -3.63. The third-order valence-electron chi connectivity index (χ3n) is 5.78. The molecule has 34 heavy (non-hydrogen) atoms. The number of hydrogen-bond acceptors (Lipinski definition) is 6. The van der Waals surface area contributed by atoms with E-state index >= 15 is 0 Å². The van der Waals surface area contributed by atoms with Crippen LogP contribution in [0.25, 0.3) is 22.2 Å². The van der Waals surface area contributed by atoms with E-state index in [9.17, 15) is 0 Å². The molecule has 178 valence electrons. The number of nitrogens with two attached hydrogens (primary N) is 4. The topological polar surface area (TPSA) is 161 Å². The molecule has 2 aromatic carbocycles. The molecule has 1 aliphatic heterocycles. The van der Waals surface area contributed by atoms with E-state index in [2.05, 4.69) is 48.8 Å². The first-order chi connectivity index (χ1) is 16.3. The number of anilines is 1. The van der Waals surface area contributed by atoms with E-state index in [0.717, 1.165) is 49.2 Å². The number of hydrogen-bond donors (Lipinski definition) is 4. The van der Waals surface area contributed by atoms with Gasteiger partial charge in [0, 0.05) is 47.8 Å². The minimum atomic E-state index is -0.0982. The van der Waals surface area contributed by atoms with E-state index in [1.54, 1.807) is 6.07 Å². The molecule has 2 heterocycles. The van der Waals surface area contributed by atoms with Crippen molar-refractivity contribution in [3.05, 3.63) is 47.5 Å². The van der Waals surface area contributed by atoms with Gasteiger partial charge in [0.15, 0.2) is 11.9 Å². The summed E-state index contributed by atoms with van der Waals surface area (Å²) in [5, 5.41) is 1.43. The maximum Gasteiger partial charge on any atom is 0.253 e. The normalized spacial score (nSPS) is 15.2. The highest BCUT2D eigenvalue weighted by atomic mass is 35.5. The minimum absolute atomic E-state index is 0.0202. The van der Waals surface area contributed by atoms with Crippen LogP contribution >= 0.6 is 11.6 Å². The van der Waals surface area contributed by atoms with Gasteiger partial charge in [0.25, 0.3) is 5.95 Å². The summed E-state index contributed by atoms with van der Waals surface area (Å²) in [6, 6.07) is 13.7. The molecule has 0 radical (unpaired) electrons. The SMILES string of the molecule is CCC(N=C(N)N)N1CCN(c2ccc(-c3nc(N=C(N)N)nc4ccc(Cl)cc34)cc2)CC1. The first-order valence-corrected chi connectivity index (χ1v) is 11.5. The number of benzene rings is 2. The van der Waals surface area contributed by atoms with Crippen LogP contribution in [0.3, 0.4) is 0 Å². The van der Waals surface area contributed by atoms with E-state index in [0.29, 0.717) is 16.2 Å². The van der Waals surface area contributed by atoms with E-state index in [1.807, 2.05) is 24.3 Å². The number of piperazine rings is 1. The molecule has 3 aromatic rings. The summed E-state index contributed by atoms with van der Waals surface area (Å²) in [5.74, 6) is 0.238. The van der Waals surface area contributed by atoms with Gasteiger partial charge in [-0.05, 0) is 36.8 Å². The Balaban J connectivity index is 1.57. The van der Waals surface area contributed by atoms with Crippen molar-refractivity contribution < 1.29 is 0 Å². The molecule has 11 heteroatoms. The molecule has 1 atom stereocenters. The van der Waals surface area contributed by atoms with Crippen molar-refractivity contribution in [1.29, 1.82) is 0 Å². The van der Waals surface area contributed by atoms with Crippen LogP contribution in [0.2, 0.25) is 5.02 Å². The number of guanidine groups is 2. The molecular formula is C23H29ClN10. The van der Waals surface area contributed by atoms with Crippen LogP contribution in [0, 0.1) is 0 Å². The zero-order chi connectivity index (χ0) is 24.2. The van der Waals surface area contributed by atoms with Gasteiger partial charge < -0.3 is 27.8 Å². The lowest BCUT2D eigenvalue weighted by molar-refractivity contribution is 0.185. The van der Waals surface area contributed by atoms with Crippen LogP contribution in [-0.2, 0) is 0 Å². The molecule has 0 spiro atoms. The van der Waals surface area contributed by atoms with E-state index in [-0.39, 0.29) is 24.0 Å². The molecule has 1 unspecified atom stereocenters. The second kappa shape index (κ2) is 10.1. The van der Waals surface area contributed by atoms with E-state index in [1.165, 1.54) is 0 Å². The van der Waals surface area contributed by atoms with Gasteiger partial charge in [0.05, 0.1) is 11.2 Å². The number of halogens is 1. The molecule has 1 aromatic heterocycles. The van der Waals surface area contributed by atoms with E-state index in [4.69, 9.17) is 34.5 Å². The molecule has 10 nitrogen and oxygen atoms in total. The van der Waals surface area contributed by atoms with Crippen LogP contribution in [0.4, 0.5) is 11.6 Å². The Morgan fingerprint density at radius 1 is 0.971 bits per heavy atom. The predicted octanol–water partition coefficient (Wildman–Crippen LogP) is 1.99. The molecule has 1 aliphatic rings. The van der Waals surface area contributed by atoms with Gasteiger partial charge in [0.1, 0.15) is 6.17 Å². The second-order valence-electron chi connectivity index (χ2n) is 8.08. The largest absolute Gasteiger partial charge is 0.370 e. The predicted molar refractivity (Wildman–Crippen MR) is 139 cm³/mol. The van der Waals surface area contributed by atoms with Crippen molar-refractivity contribution in [1.82, 2.24) is 14.9 Å². The van der Waals surface area contributed by atoms with Crippen LogP contribution in [0.15, 0.2) is 52.4 Å². The highest BCUT2D eigenvalue weighted by Gasteiger charge is 2.23. The Morgan fingerprint density at radius 3 is 2.29 bits per heavy atom. The first-order valence-electron chi connectivity index (χ1n) is 11.1. The summed E-state index contributed by atoms with van der Waals surface area (Å²) < 4.78 is 0. The van der Waals surface area contributed by atoms with Gasteiger partial charge in [0.2, 0.25) is 0 Å². The molecule has 0 aliphatic carbocycles. The summed E-state index contributed by atoms with van der Waals surface area (Å²) in [6.45, 7) is 5.62. The van der Waals surface area contributed by atoms with Gasteiger partial charge in [-0.25, -0.2) is 15.0 Å². The van der Waals surface area contributed by atoms with Crippen molar-refractivity contribution in [2.75, 3.05) is 31.1 Å². The number of fused-ring (bicyclic) bond motifs is 1. The van der Waals surface area contributed by atoms with E-state index < -0.39 is 0 Å². The van der Waals surface area contributed by atoms with Gasteiger partial charge >= 0.3 is 0 Å². The Kier molecular flexibility index (Phi) is 6.99. The number of aromatic nitrogens is 2.